The zero-order valence-corrected chi connectivity index (χ0v) is 21.8. The normalized spacial score (nSPS) is 20.6. The Kier molecular flexibility index (Phi) is 8.40. The van der Waals surface area contributed by atoms with Crippen LogP contribution in [-0.2, 0) is 9.53 Å². The Labute approximate surface area is 220 Å². The lowest BCUT2D eigenvalue weighted by molar-refractivity contribution is -0.139. The molecule has 1 saturated heterocycles. The number of amides is 3. The number of rotatable bonds is 8. The van der Waals surface area contributed by atoms with Crippen molar-refractivity contribution in [2.75, 3.05) is 39.3 Å². The summed E-state index contributed by atoms with van der Waals surface area (Å²) in [6.45, 7) is 9.73. The van der Waals surface area contributed by atoms with Crippen molar-refractivity contribution in [3.8, 4) is 0 Å². The number of urea groups is 1. The van der Waals surface area contributed by atoms with E-state index in [1.54, 1.807) is 25.1 Å². The van der Waals surface area contributed by atoms with E-state index in [-0.39, 0.29) is 37.2 Å². The minimum absolute atomic E-state index is 0.00470. The Morgan fingerprint density at radius 3 is 2.73 bits per heavy atom. The largest absolute Gasteiger partial charge is 0.463 e. The zero-order chi connectivity index (χ0) is 26.5. The molecule has 1 aromatic carbocycles. The minimum atomic E-state index is -0.863. The van der Waals surface area contributed by atoms with Gasteiger partial charge in [-0.2, -0.15) is 0 Å². The number of nitrogens with one attached hydrogen (secondary N) is 1. The summed E-state index contributed by atoms with van der Waals surface area (Å²) < 4.78 is 19.5. The summed E-state index contributed by atoms with van der Waals surface area (Å²) in [7, 11) is 0. The van der Waals surface area contributed by atoms with Gasteiger partial charge in [0.05, 0.1) is 23.1 Å². The summed E-state index contributed by atoms with van der Waals surface area (Å²) in [5.74, 6) is -1.03. The SMILES string of the molecule is C=CCN1C(=O)NC(c2cccc(F)c2)C(C(=O)OCC)=C1CN1CCN(C(=O)c2cccs2)C(C)C1. The van der Waals surface area contributed by atoms with E-state index < -0.39 is 23.9 Å². The predicted octanol–water partition coefficient (Wildman–Crippen LogP) is 3.80. The fraction of sp³-hybridized carbons (Fsp3) is 0.370. The maximum Gasteiger partial charge on any atom is 0.338 e. The number of halogens is 1. The minimum Gasteiger partial charge on any atom is -0.463 e. The zero-order valence-electron chi connectivity index (χ0n) is 21.0. The third-order valence-electron chi connectivity index (χ3n) is 6.51. The van der Waals surface area contributed by atoms with Gasteiger partial charge in [0.15, 0.2) is 0 Å². The molecule has 8 nitrogen and oxygen atoms in total. The molecule has 0 radical (unpaired) electrons. The van der Waals surface area contributed by atoms with Crippen molar-refractivity contribution in [1.82, 2.24) is 20.0 Å². The molecule has 37 heavy (non-hydrogen) atoms. The van der Waals surface area contributed by atoms with Crippen LogP contribution in [0.1, 0.15) is 35.1 Å². The van der Waals surface area contributed by atoms with Crippen molar-refractivity contribution in [2.45, 2.75) is 25.9 Å². The second kappa shape index (κ2) is 11.7. The number of nitrogens with zero attached hydrogens (tertiary/aromatic N) is 3. The third kappa shape index (κ3) is 5.75. The standard InChI is InChI=1S/C27H31FN4O4S/c1-4-11-32-21(17-30-12-13-31(18(3)16-30)25(33)22-10-7-14-37-22)23(26(34)36-5-2)24(29-27(32)35)19-8-6-9-20(28)15-19/h4,6-10,14-15,18,24H,1,5,11-13,16-17H2,2-3H3,(H,29,35). The van der Waals surface area contributed by atoms with E-state index in [0.717, 1.165) is 0 Å². The van der Waals surface area contributed by atoms with Gasteiger partial charge in [-0.3, -0.25) is 14.6 Å². The van der Waals surface area contributed by atoms with E-state index >= 15 is 0 Å². The summed E-state index contributed by atoms with van der Waals surface area (Å²) >= 11 is 1.42. The molecule has 1 aromatic heterocycles. The van der Waals surface area contributed by atoms with Crippen LogP contribution in [0, 0.1) is 5.82 Å². The third-order valence-corrected chi connectivity index (χ3v) is 7.36. The van der Waals surface area contributed by atoms with Gasteiger partial charge in [0.1, 0.15) is 5.82 Å². The topological polar surface area (TPSA) is 82.2 Å². The average Bonchev–Trinajstić information content (AvgIpc) is 3.41. The van der Waals surface area contributed by atoms with Crippen molar-refractivity contribution in [1.29, 1.82) is 0 Å². The van der Waals surface area contributed by atoms with E-state index in [1.807, 2.05) is 29.3 Å². The molecule has 4 rings (SSSR count). The van der Waals surface area contributed by atoms with Crippen LogP contribution in [0.2, 0.25) is 0 Å². The number of piperazine rings is 1. The highest BCUT2D eigenvalue weighted by atomic mass is 32.1. The highest BCUT2D eigenvalue weighted by Crippen LogP contribution is 2.33. The monoisotopic (exact) mass is 526 g/mol. The molecule has 1 fully saturated rings. The lowest BCUT2D eigenvalue weighted by Gasteiger charge is -2.42. The van der Waals surface area contributed by atoms with Gasteiger partial charge in [0, 0.05) is 44.5 Å². The smallest absolute Gasteiger partial charge is 0.338 e. The van der Waals surface area contributed by atoms with Gasteiger partial charge < -0.3 is 15.0 Å². The van der Waals surface area contributed by atoms with Crippen LogP contribution in [0.5, 0.6) is 0 Å². The van der Waals surface area contributed by atoms with Gasteiger partial charge in [-0.1, -0.05) is 24.3 Å². The quantitative estimate of drug-likeness (QED) is 0.418. The van der Waals surface area contributed by atoms with E-state index in [2.05, 4.69) is 16.8 Å². The summed E-state index contributed by atoms with van der Waals surface area (Å²) in [6.07, 6.45) is 1.59. The summed E-state index contributed by atoms with van der Waals surface area (Å²) in [5, 5.41) is 4.73. The van der Waals surface area contributed by atoms with E-state index in [9.17, 15) is 18.8 Å². The fourth-order valence-corrected chi connectivity index (χ4v) is 5.49. The lowest BCUT2D eigenvalue weighted by atomic mass is 9.94. The molecule has 1 N–H and O–H groups in total. The maximum absolute atomic E-state index is 14.1. The number of hydrogen-bond donors (Lipinski definition) is 1. The average molecular weight is 527 g/mol. The molecule has 0 bridgehead atoms. The predicted molar refractivity (Wildman–Crippen MR) is 139 cm³/mol. The van der Waals surface area contributed by atoms with Crippen LogP contribution in [0.15, 0.2) is 65.7 Å². The number of thiophene rings is 1. The molecular weight excluding hydrogens is 495 g/mol. The second-order valence-electron chi connectivity index (χ2n) is 8.98. The molecule has 0 saturated carbocycles. The molecule has 2 unspecified atom stereocenters. The summed E-state index contributed by atoms with van der Waals surface area (Å²) in [4.78, 5) is 45.5. The molecule has 3 heterocycles. The number of esters is 1. The highest BCUT2D eigenvalue weighted by Gasteiger charge is 2.39. The molecule has 0 spiro atoms. The van der Waals surface area contributed by atoms with Gasteiger partial charge >= 0.3 is 12.0 Å². The first-order valence-corrected chi connectivity index (χ1v) is 13.1. The van der Waals surface area contributed by atoms with Crippen molar-refractivity contribution in [3.63, 3.8) is 0 Å². The Morgan fingerprint density at radius 1 is 1.27 bits per heavy atom. The van der Waals surface area contributed by atoms with Gasteiger partial charge in [-0.05, 0) is 43.0 Å². The lowest BCUT2D eigenvalue weighted by Crippen LogP contribution is -2.56. The van der Waals surface area contributed by atoms with E-state index in [1.165, 1.54) is 28.4 Å². The molecule has 10 heteroatoms. The molecule has 2 aromatic rings. The van der Waals surface area contributed by atoms with Crippen LogP contribution in [-0.4, -0.2) is 78.0 Å². The first-order valence-electron chi connectivity index (χ1n) is 12.2. The number of ether oxygens (including phenoxy) is 1. The Hall–Kier alpha value is -3.50. The fourth-order valence-electron chi connectivity index (χ4n) is 4.81. The molecule has 2 aliphatic heterocycles. The van der Waals surface area contributed by atoms with Crippen molar-refractivity contribution in [2.24, 2.45) is 0 Å². The van der Waals surface area contributed by atoms with Crippen molar-refractivity contribution >= 4 is 29.2 Å². The van der Waals surface area contributed by atoms with Crippen LogP contribution in [0.3, 0.4) is 0 Å². The van der Waals surface area contributed by atoms with Crippen molar-refractivity contribution < 1.29 is 23.5 Å². The highest BCUT2D eigenvalue weighted by molar-refractivity contribution is 7.12. The van der Waals surface area contributed by atoms with E-state index in [4.69, 9.17) is 4.74 Å². The number of carbonyl (C=O) groups excluding carboxylic acids is 3. The Balaban J connectivity index is 1.67. The molecule has 2 atom stereocenters. The van der Waals surface area contributed by atoms with Gasteiger partial charge in [0.25, 0.3) is 5.91 Å². The first kappa shape index (κ1) is 26.6. The Bertz CT molecular complexity index is 1200. The number of benzene rings is 1. The molecule has 0 aliphatic carbocycles. The van der Waals surface area contributed by atoms with Gasteiger partial charge in [0.2, 0.25) is 0 Å². The Morgan fingerprint density at radius 2 is 2.08 bits per heavy atom. The summed E-state index contributed by atoms with van der Waals surface area (Å²) in [5.41, 5.74) is 1.20. The molecule has 2 aliphatic rings. The van der Waals surface area contributed by atoms with Crippen LogP contribution in [0.4, 0.5) is 9.18 Å². The van der Waals surface area contributed by atoms with Crippen LogP contribution in [0.25, 0.3) is 0 Å². The summed E-state index contributed by atoms with van der Waals surface area (Å²) in [6, 6.07) is 8.18. The number of hydrogen-bond acceptors (Lipinski definition) is 6. The van der Waals surface area contributed by atoms with Crippen LogP contribution < -0.4 is 5.32 Å². The second-order valence-corrected chi connectivity index (χ2v) is 9.93. The van der Waals surface area contributed by atoms with Crippen molar-refractivity contribution in [3.05, 3.63) is 82.0 Å². The maximum atomic E-state index is 14.1. The van der Waals surface area contributed by atoms with E-state index in [0.29, 0.717) is 35.8 Å². The molecule has 3 amide bonds. The van der Waals surface area contributed by atoms with Gasteiger partial charge in [-0.25, -0.2) is 14.0 Å². The first-order chi connectivity index (χ1) is 17.8. The van der Waals surface area contributed by atoms with Crippen LogP contribution >= 0.6 is 11.3 Å². The number of carbonyl (C=O) groups is 3. The molecular formula is C27H31FN4O4S. The molecule has 196 valence electrons. The van der Waals surface area contributed by atoms with Gasteiger partial charge in [-0.15, -0.1) is 17.9 Å².